The number of fused-ring (bicyclic) bond motifs is 1. The molecule has 0 radical (unpaired) electrons. The molecule has 3 heterocycles. The molecule has 31 heavy (non-hydrogen) atoms. The largest absolute Gasteiger partial charge is 0.481 e. The number of halogens is 1. The Balaban J connectivity index is 1.67. The number of carbonyl (C=O) groups excluding carboxylic acids is 1. The standard InChI is InChI=1S/C24H23ClN4O2/c1-15-4-7-21-20(10-15)24(16(2)29(21)14-19-6-5-17(25)12-27-19)22(30)13-28-18-8-9-26-23(11-18)31-3/h4-12H,13-14H2,1-3H3,(H,26,28). The van der Waals surface area contributed by atoms with Crippen molar-refractivity contribution in [2.75, 3.05) is 19.0 Å². The molecule has 3 aromatic heterocycles. The molecule has 6 nitrogen and oxygen atoms in total. The van der Waals surface area contributed by atoms with Crippen molar-refractivity contribution in [3.63, 3.8) is 0 Å². The van der Waals surface area contributed by atoms with E-state index < -0.39 is 0 Å². The van der Waals surface area contributed by atoms with Gasteiger partial charge in [0.15, 0.2) is 5.78 Å². The van der Waals surface area contributed by atoms with Crippen molar-refractivity contribution in [1.29, 1.82) is 0 Å². The van der Waals surface area contributed by atoms with Crippen molar-refractivity contribution < 1.29 is 9.53 Å². The zero-order valence-electron chi connectivity index (χ0n) is 17.6. The van der Waals surface area contributed by atoms with Crippen LogP contribution in [-0.2, 0) is 6.54 Å². The van der Waals surface area contributed by atoms with E-state index in [-0.39, 0.29) is 12.3 Å². The zero-order valence-corrected chi connectivity index (χ0v) is 18.4. The van der Waals surface area contributed by atoms with Crippen molar-refractivity contribution >= 4 is 34.0 Å². The molecule has 0 atom stereocenters. The van der Waals surface area contributed by atoms with Gasteiger partial charge >= 0.3 is 0 Å². The first-order valence-electron chi connectivity index (χ1n) is 9.93. The molecule has 0 spiro atoms. The first-order chi connectivity index (χ1) is 15.0. The highest BCUT2D eigenvalue weighted by atomic mass is 35.5. The van der Waals surface area contributed by atoms with Crippen LogP contribution in [0.15, 0.2) is 54.9 Å². The molecule has 0 saturated heterocycles. The molecule has 0 amide bonds. The Bertz CT molecular complexity index is 1250. The summed E-state index contributed by atoms with van der Waals surface area (Å²) in [5.74, 6) is 0.517. The van der Waals surface area contributed by atoms with Crippen LogP contribution in [0.1, 0.15) is 27.3 Å². The van der Waals surface area contributed by atoms with E-state index >= 15 is 0 Å². The summed E-state index contributed by atoms with van der Waals surface area (Å²) in [7, 11) is 1.56. The van der Waals surface area contributed by atoms with E-state index in [2.05, 4.69) is 38.1 Å². The summed E-state index contributed by atoms with van der Waals surface area (Å²) in [4.78, 5) is 21.8. The summed E-state index contributed by atoms with van der Waals surface area (Å²) in [6.45, 7) is 4.74. The maximum Gasteiger partial charge on any atom is 0.214 e. The minimum atomic E-state index is 0.0201. The Kier molecular flexibility index (Phi) is 5.91. The van der Waals surface area contributed by atoms with E-state index in [1.807, 2.05) is 32.0 Å². The zero-order chi connectivity index (χ0) is 22.0. The Hall–Kier alpha value is -3.38. The summed E-state index contributed by atoms with van der Waals surface area (Å²) in [6, 6.07) is 13.5. The monoisotopic (exact) mass is 434 g/mol. The SMILES string of the molecule is COc1cc(NCC(=O)c2c(C)n(Cc3ccc(Cl)cn3)c3ccc(C)cc23)ccn1. The number of hydrogen-bond donors (Lipinski definition) is 1. The lowest BCUT2D eigenvalue weighted by Gasteiger charge is -2.09. The minimum Gasteiger partial charge on any atom is -0.481 e. The Labute approximate surface area is 185 Å². The van der Waals surface area contributed by atoms with Gasteiger partial charge < -0.3 is 14.6 Å². The molecule has 0 aliphatic heterocycles. The predicted molar refractivity (Wildman–Crippen MR) is 123 cm³/mol. The molecular formula is C24H23ClN4O2. The van der Waals surface area contributed by atoms with E-state index in [1.54, 1.807) is 25.6 Å². The van der Waals surface area contributed by atoms with E-state index in [0.717, 1.165) is 39.1 Å². The predicted octanol–water partition coefficient (Wildman–Crippen LogP) is 5.05. The van der Waals surface area contributed by atoms with Gasteiger partial charge in [-0.05, 0) is 44.2 Å². The number of ether oxygens (including phenoxy) is 1. The minimum absolute atomic E-state index is 0.0201. The number of aryl methyl sites for hydroxylation is 1. The third-order valence-corrected chi connectivity index (χ3v) is 5.49. The van der Waals surface area contributed by atoms with Crippen LogP contribution in [-0.4, -0.2) is 34.0 Å². The van der Waals surface area contributed by atoms with Crippen LogP contribution < -0.4 is 10.1 Å². The van der Waals surface area contributed by atoms with Crippen molar-refractivity contribution in [3.05, 3.63) is 82.4 Å². The first-order valence-corrected chi connectivity index (χ1v) is 10.3. The number of benzene rings is 1. The van der Waals surface area contributed by atoms with Gasteiger partial charge in [0.05, 0.1) is 30.9 Å². The van der Waals surface area contributed by atoms with Crippen molar-refractivity contribution in [2.45, 2.75) is 20.4 Å². The number of ketones is 1. The van der Waals surface area contributed by atoms with Crippen LogP contribution >= 0.6 is 11.6 Å². The third kappa shape index (κ3) is 4.39. The molecule has 0 saturated carbocycles. The van der Waals surface area contributed by atoms with E-state index in [4.69, 9.17) is 16.3 Å². The number of anilines is 1. The second-order valence-corrected chi connectivity index (χ2v) is 7.83. The number of hydrogen-bond acceptors (Lipinski definition) is 5. The fourth-order valence-electron chi connectivity index (χ4n) is 3.72. The molecule has 158 valence electrons. The van der Waals surface area contributed by atoms with Crippen LogP contribution in [0.5, 0.6) is 5.88 Å². The molecule has 7 heteroatoms. The van der Waals surface area contributed by atoms with Crippen molar-refractivity contribution in [2.24, 2.45) is 0 Å². The molecule has 0 aliphatic rings. The highest BCUT2D eigenvalue weighted by Gasteiger charge is 2.20. The normalized spacial score (nSPS) is 11.0. The van der Waals surface area contributed by atoms with Crippen molar-refractivity contribution in [1.82, 2.24) is 14.5 Å². The maximum absolute atomic E-state index is 13.3. The molecule has 1 N–H and O–H groups in total. The van der Waals surface area contributed by atoms with Gasteiger partial charge in [0.2, 0.25) is 5.88 Å². The van der Waals surface area contributed by atoms with Crippen LogP contribution in [0.2, 0.25) is 5.02 Å². The average molecular weight is 435 g/mol. The fraction of sp³-hybridized carbons (Fsp3) is 0.208. The number of methoxy groups -OCH3 is 1. The summed E-state index contributed by atoms with van der Waals surface area (Å²) >= 11 is 5.98. The lowest BCUT2D eigenvalue weighted by molar-refractivity contribution is 0.101. The molecule has 0 aliphatic carbocycles. The number of nitrogens with one attached hydrogen (secondary N) is 1. The van der Waals surface area contributed by atoms with Crippen LogP contribution in [0.25, 0.3) is 10.9 Å². The van der Waals surface area contributed by atoms with E-state index in [1.165, 1.54) is 0 Å². The molecule has 1 aromatic carbocycles. The van der Waals surface area contributed by atoms with E-state index in [9.17, 15) is 4.79 Å². The van der Waals surface area contributed by atoms with Gasteiger partial charge in [-0.3, -0.25) is 9.78 Å². The highest BCUT2D eigenvalue weighted by molar-refractivity contribution is 6.30. The second-order valence-electron chi connectivity index (χ2n) is 7.40. The topological polar surface area (TPSA) is 69.0 Å². The molecule has 0 fully saturated rings. The molecule has 0 unspecified atom stereocenters. The summed E-state index contributed by atoms with van der Waals surface area (Å²) < 4.78 is 7.28. The third-order valence-electron chi connectivity index (χ3n) is 5.26. The number of carbonyl (C=O) groups is 1. The Morgan fingerprint density at radius 2 is 1.97 bits per heavy atom. The van der Waals surface area contributed by atoms with Crippen LogP contribution in [0.4, 0.5) is 5.69 Å². The smallest absolute Gasteiger partial charge is 0.214 e. The van der Waals surface area contributed by atoms with Gasteiger partial charge in [-0.25, -0.2) is 4.98 Å². The number of nitrogens with zero attached hydrogens (tertiary/aromatic N) is 3. The second kappa shape index (κ2) is 8.78. The van der Waals surface area contributed by atoms with Crippen LogP contribution in [0.3, 0.4) is 0 Å². The molecule has 4 rings (SSSR count). The van der Waals surface area contributed by atoms with Gasteiger partial charge in [0.25, 0.3) is 0 Å². The first kappa shape index (κ1) is 20.9. The Morgan fingerprint density at radius 3 is 2.71 bits per heavy atom. The van der Waals surface area contributed by atoms with Crippen molar-refractivity contribution in [3.8, 4) is 5.88 Å². The lowest BCUT2D eigenvalue weighted by atomic mass is 10.0. The van der Waals surface area contributed by atoms with Gasteiger partial charge in [-0.15, -0.1) is 0 Å². The molecular weight excluding hydrogens is 412 g/mol. The summed E-state index contributed by atoms with van der Waals surface area (Å²) in [6.07, 6.45) is 3.28. The Morgan fingerprint density at radius 1 is 1.13 bits per heavy atom. The van der Waals surface area contributed by atoms with E-state index in [0.29, 0.717) is 17.4 Å². The fourth-order valence-corrected chi connectivity index (χ4v) is 3.83. The van der Waals surface area contributed by atoms with Gasteiger partial charge in [0.1, 0.15) is 0 Å². The number of pyridine rings is 2. The molecule has 0 bridgehead atoms. The summed E-state index contributed by atoms with van der Waals surface area (Å²) in [5.41, 5.74) is 5.41. The van der Waals surface area contributed by atoms with Crippen LogP contribution in [0, 0.1) is 13.8 Å². The number of rotatable bonds is 7. The summed E-state index contributed by atoms with van der Waals surface area (Å²) in [5, 5.41) is 4.73. The highest BCUT2D eigenvalue weighted by Crippen LogP contribution is 2.28. The van der Waals surface area contributed by atoms with Gasteiger partial charge in [-0.2, -0.15) is 0 Å². The lowest BCUT2D eigenvalue weighted by Crippen LogP contribution is -2.15. The van der Waals surface area contributed by atoms with Gasteiger partial charge in [-0.1, -0.05) is 23.2 Å². The quantitative estimate of drug-likeness (QED) is 0.412. The average Bonchev–Trinajstić information content (AvgIpc) is 3.04. The number of aromatic nitrogens is 3. The number of Topliss-reactive ketones (excluding diaryl/α,β-unsaturated/α-hetero) is 1. The maximum atomic E-state index is 13.3. The van der Waals surface area contributed by atoms with Gasteiger partial charge in [0, 0.05) is 46.3 Å². The molecule has 4 aromatic rings.